The predicted octanol–water partition coefficient (Wildman–Crippen LogP) is 0.525. The minimum absolute atomic E-state index is 0. The molecule has 0 radical (unpaired) electrons. The Balaban J connectivity index is -0.00000000495. The second kappa shape index (κ2) is 57.3. The minimum atomic E-state index is 0. The van der Waals surface area contributed by atoms with E-state index in [4.69, 9.17) is 11.6 Å². The molecule has 0 bridgehead atoms. The van der Waals surface area contributed by atoms with E-state index in [2.05, 4.69) is 15.0 Å². The van der Waals surface area contributed by atoms with Gasteiger partial charge in [-0.15, -0.1) is 0 Å². The Kier molecular flexibility index (Phi) is 222. The Morgan fingerprint density at radius 2 is 0.778 bits per heavy atom. The van der Waals surface area contributed by atoms with E-state index in [0.717, 1.165) is 0 Å². The molecule has 0 amide bonds. The van der Waals surface area contributed by atoms with Gasteiger partial charge in [0.05, 0.1) is 0 Å². The van der Waals surface area contributed by atoms with Gasteiger partial charge in [-0.25, -0.2) is 15.0 Å². The summed E-state index contributed by atoms with van der Waals surface area (Å²) in [5.74, 6) is 0. The number of nitrogens with zero attached hydrogens (tertiary/aromatic N) is 3. The fourth-order valence-electron chi connectivity index (χ4n) is 0.225. The SMILES string of the molecule is Clc1ncncn1.[Ar].[Ar].[Ar].[Ar].[Ar].[Ar].[Ar].[Ar].[Ar].[Ar].[Ar]. The van der Waals surface area contributed by atoms with Crippen molar-refractivity contribution in [3.05, 3.63) is 17.9 Å². The minimum Gasteiger partial charge on any atom is -0.225 e. The van der Waals surface area contributed by atoms with Crippen molar-refractivity contribution in [2.24, 2.45) is 0 Å². The Morgan fingerprint density at radius 3 is 0.889 bits per heavy atom. The standard InChI is InChI=1S/C3H2ClN3.11Ar/c4-3-6-1-5-2-7-3;;;;;;;;;;;/h1-2H;;;;;;;;;;;. The van der Waals surface area contributed by atoms with Gasteiger partial charge in [0, 0.05) is 415 Å². The van der Waals surface area contributed by atoms with Crippen LogP contribution in [0.15, 0.2) is 12.7 Å². The molecule has 124 valence electrons. The first-order valence-electron chi connectivity index (χ1n) is 1.67. The van der Waals surface area contributed by atoms with Gasteiger partial charge in [0.1, 0.15) is 12.7 Å². The number of halogens is 1. The monoisotopic (exact) mass is 555 g/mol. The molecule has 1 aromatic heterocycles. The number of rotatable bonds is 0. The van der Waals surface area contributed by atoms with Crippen molar-refractivity contribution in [3.8, 4) is 0 Å². The molecule has 0 atom stereocenters. The molecule has 0 N–H and O–H groups in total. The van der Waals surface area contributed by atoms with E-state index in [1.165, 1.54) is 12.7 Å². The van der Waals surface area contributed by atoms with Crippen LogP contribution in [-0.4, -0.2) is 15.0 Å². The van der Waals surface area contributed by atoms with Gasteiger partial charge in [0.2, 0.25) is 5.28 Å². The van der Waals surface area contributed by atoms with Crippen molar-refractivity contribution < 1.29 is 415 Å². The Bertz CT molecular complexity index is 157. The van der Waals surface area contributed by atoms with Crippen LogP contribution < -0.4 is 0 Å². The first kappa shape index (κ1) is 69.7. The van der Waals surface area contributed by atoms with Gasteiger partial charge >= 0.3 is 0 Å². The third-order valence-electron chi connectivity index (χ3n) is 0.462. The van der Waals surface area contributed by atoms with E-state index in [9.17, 15) is 0 Å². The summed E-state index contributed by atoms with van der Waals surface area (Å²) < 4.78 is 0. The average molecular weight is 555 g/mol. The molecular formula is C3H2Ar11ClN3. The smallest absolute Gasteiger partial charge is 0.225 e. The van der Waals surface area contributed by atoms with Crippen LogP contribution in [0.1, 0.15) is 0 Å². The van der Waals surface area contributed by atoms with Crippen molar-refractivity contribution in [3.63, 3.8) is 0 Å². The first-order chi connectivity index (χ1) is 3.39. The van der Waals surface area contributed by atoms with Crippen LogP contribution in [0, 0.1) is 415 Å². The Labute approximate surface area is 443 Å². The summed E-state index contributed by atoms with van der Waals surface area (Å²) in [6, 6.07) is 0. The molecule has 0 saturated carbocycles. The summed E-state index contributed by atoms with van der Waals surface area (Å²) >= 11 is 5.28. The van der Waals surface area contributed by atoms with Crippen molar-refractivity contribution in [1.82, 2.24) is 15.0 Å². The molecule has 1 heterocycles. The maximum atomic E-state index is 5.28. The average Bonchev–Trinajstić information content (AvgIpc) is 1.69. The van der Waals surface area contributed by atoms with Gasteiger partial charge in [-0.3, -0.25) is 0 Å². The predicted molar refractivity (Wildman–Crippen MR) is 24.8 cm³/mol. The van der Waals surface area contributed by atoms with Crippen molar-refractivity contribution in [2.75, 3.05) is 0 Å². The van der Waals surface area contributed by atoms with E-state index in [1.54, 1.807) is 0 Å². The summed E-state index contributed by atoms with van der Waals surface area (Å²) in [6.07, 6.45) is 2.69. The van der Waals surface area contributed by atoms with Crippen LogP contribution in [0.4, 0.5) is 0 Å². The molecule has 0 unspecified atom stereocenters. The third kappa shape index (κ3) is 51.6. The van der Waals surface area contributed by atoms with Crippen molar-refractivity contribution in [2.45, 2.75) is 0 Å². The fourth-order valence-corrected chi connectivity index (χ4v) is 0.312. The summed E-state index contributed by atoms with van der Waals surface area (Å²) in [7, 11) is 0. The molecule has 0 aliphatic heterocycles. The zero-order valence-electron chi connectivity index (χ0n) is 7.26. The summed E-state index contributed by atoms with van der Waals surface area (Å²) in [4.78, 5) is 10.6. The molecular weight excluding hydrogens is 553 g/mol. The summed E-state index contributed by atoms with van der Waals surface area (Å²) in [5.41, 5.74) is 0. The first-order valence-corrected chi connectivity index (χ1v) is 2.05. The van der Waals surface area contributed by atoms with Crippen molar-refractivity contribution >= 4 is 11.6 Å². The molecule has 0 spiro atoms. The third-order valence-corrected chi connectivity index (χ3v) is 0.657. The van der Waals surface area contributed by atoms with E-state index < -0.39 is 0 Å². The van der Waals surface area contributed by atoms with E-state index in [0.29, 0.717) is 0 Å². The van der Waals surface area contributed by atoms with Gasteiger partial charge in [0.15, 0.2) is 0 Å². The van der Waals surface area contributed by atoms with Gasteiger partial charge in [-0.2, -0.15) is 0 Å². The molecule has 0 aliphatic rings. The number of aromatic nitrogens is 3. The van der Waals surface area contributed by atoms with Gasteiger partial charge in [0.25, 0.3) is 0 Å². The van der Waals surface area contributed by atoms with Crippen molar-refractivity contribution in [1.29, 1.82) is 0 Å². The quantitative estimate of drug-likeness (QED) is 0.470. The molecule has 0 fully saturated rings. The van der Waals surface area contributed by atoms with Gasteiger partial charge < -0.3 is 0 Å². The van der Waals surface area contributed by atoms with E-state index in [1.807, 2.05) is 0 Å². The summed E-state index contributed by atoms with van der Waals surface area (Å²) in [5, 5.41) is 0.231. The van der Waals surface area contributed by atoms with Crippen LogP contribution in [0.2, 0.25) is 5.28 Å². The maximum Gasteiger partial charge on any atom is 0.225 e. The zero-order valence-corrected chi connectivity index (χ0v) is 15.8. The molecule has 15 heteroatoms. The van der Waals surface area contributed by atoms with Gasteiger partial charge in [-0.05, 0) is 11.6 Å². The second-order valence-electron chi connectivity index (χ2n) is 0.907. The van der Waals surface area contributed by atoms with Gasteiger partial charge in [-0.1, -0.05) is 0 Å². The van der Waals surface area contributed by atoms with Crippen LogP contribution in [0.3, 0.4) is 0 Å². The molecule has 1 rings (SSSR count). The summed E-state index contributed by atoms with van der Waals surface area (Å²) in [6.45, 7) is 0. The molecule has 1 aromatic rings. The normalized spacial score (nSPS) is 3.39. The molecule has 18 heavy (non-hydrogen) atoms. The topological polar surface area (TPSA) is 38.7 Å². The number of hydrogen-bond donors (Lipinski definition) is 0. The molecule has 0 saturated heterocycles. The Hall–Kier alpha value is 13.2. The molecule has 0 aromatic carbocycles. The van der Waals surface area contributed by atoms with E-state index >= 15 is 0 Å². The van der Waals surface area contributed by atoms with Crippen LogP contribution in [-0.2, 0) is 0 Å². The second-order valence-corrected chi connectivity index (χ2v) is 1.25. The van der Waals surface area contributed by atoms with Crippen LogP contribution in [0.25, 0.3) is 0 Å². The van der Waals surface area contributed by atoms with E-state index in [-0.39, 0.29) is 420 Å². The number of hydrogen-bond acceptors (Lipinski definition) is 3. The Morgan fingerprint density at radius 1 is 0.556 bits per heavy atom. The molecule has 0 aliphatic carbocycles. The fraction of sp³-hybridized carbons (Fsp3) is 0. The maximum absolute atomic E-state index is 5.28. The molecule has 3 nitrogen and oxygen atoms in total. The largest absolute Gasteiger partial charge is 0.225 e. The van der Waals surface area contributed by atoms with Crippen LogP contribution in [0.5, 0.6) is 0 Å². The van der Waals surface area contributed by atoms with Crippen LogP contribution >= 0.6 is 11.6 Å². The zero-order chi connectivity index (χ0) is 5.11.